The van der Waals surface area contributed by atoms with E-state index >= 15 is 0 Å². The summed E-state index contributed by atoms with van der Waals surface area (Å²) in [5, 5.41) is 3.27. The molecule has 0 aromatic heterocycles. The number of benzene rings is 3. The standard InChI is InChI=1S/C31H36ClN3O5S/c1-22-13-16-27(17-14-22)41(38,39)35(26-15-18-29(40-3)28(32)19-26)21-30(36)34(20-24-9-5-4-6-10-24)23(2)31(37)33-25-11-7-8-12-25/h4-6,9-10,13-19,23,25H,7-8,11-12,20-21H2,1-3H3,(H,33,37). The number of carbonyl (C=O) groups is 2. The van der Waals surface area contributed by atoms with Crippen LogP contribution in [0.4, 0.5) is 5.69 Å². The van der Waals surface area contributed by atoms with Gasteiger partial charge < -0.3 is 15.0 Å². The van der Waals surface area contributed by atoms with Crippen LogP contribution in [0.25, 0.3) is 0 Å². The molecule has 1 saturated carbocycles. The molecule has 1 aliphatic rings. The van der Waals surface area contributed by atoms with Crippen molar-refractivity contribution in [2.75, 3.05) is 18.0 Å². The molecule has 1 unspecified atom stereocenters. The summed E-state index contributed by atoms with van der Waals surface area (Å²) in [4.78, 5) is 28.8. The van der Waals surface area contributed by atoms with Gasteiger partial charge in [0.25, 0.3) is 10.0 Å². The summed E-state index contributed by atoms with van der Waals surface area (Å²) < 4.78 is 34.2. The Morgan fingerprint density at radius 2 is 1.68 bits per heavy atom. The molecule has 10 heteroatoms. The van der Waals surface area contributed by atoms with Crippen LogP contribution in [0.15, 0.2) is 77.7 Å². The third-order valence-electron chi connectivity index (χ3n) is 7.38. The van der Waals surface area contributed by atoms with Gasteiger partial charge in [-0.1, -0.05) is 72.5 Å². The van der Waals surface area contributed by atoms with Crippen LogP contribution in [0.2, 0.25) is 5.02 Å². The van der Waals surface area contributed by atoms with E-state index in [-0.39, 0.29) is 34.1 Å². The molecule has 1 aliphatic carbocycles. The Morgan fingerprint density at radius 3 is 2.29 bits per heavy atom. The molecule has 0 radical (unpaired) electrons. The molecular formula is C31H36ClN3O5S. The van der Waals surface area contributed by atoms with Crippen LogP contribution in [-0.2, 0) is 26.2 Å². The Balaban J connectivity index is 1.70. The lowest BCUT2D eigenvalue weighted by Crippen LogP contribution is -2.52. The number of hydrogen-bond acceptors (Lipinski definition) is 5. The molecule has 41 heavy (non-hydrogen) atoms. The van der Waals surface area contributed by atoms with Crippen LogP contribution in [-0.4, -0.2) is 50.9 Å². The van der Waals surface area contributed by atoms with Gasteiger partial charge in [-0.2, -0.15) is 0 Å². The van der Waals surface area contributed by atoms with Crippen molar-refractivity contribution in [1.29, 1.82) is 0 Å². The van der Waals surface area contributed by atoms with Crippen LogP contribution in [0, 0.1) is 6.92 Å². The molecule has 0 aliphatic heterocycles. The van der Waals surface area contributed by atoms with Crippen molar-refractivity contribution in [3.05, 3.63) is 88.9 Å². The number of ether oxygens (including phenoxy) is 1. The summed E-state index contributed by atoms with van der Waals surface area (Å²) in [5.41, 5.74) is 1.92. The van der Waals surface area contributed by atoms with Gasteiger partial charge in [-0.15, -0.1) is 0 Å². The number of rotatable bonds is 11. The molecule has 0 saturated heterocycles. The highest BCUT2D eigenvalue weighted by molar-refractivity contribution is 7.92. The molecule has 8 nitrogen and oxygen atoms in total. The number of amides is 2. The smallest absolute Gasteiger partial charge is 0.264 e. The van der Waals surface area contributed by atoms with E-state index in [1.54, 1.807) is 31.2 Å². The average molecular weight is 598 g/mol. The minimum absolute atomic E-state index is 0.0319. The van der Waals surface area contributed by atoms with Gasteiger partial charge in [-0.3, -0.25) is 13.9 Å². The van der Waals surface area contributed by atoms with E-state index < -0.39 is 28.5 Å². The predicted octanol–water partition coefficient (Wildman–Crippen LogP) is 5.33. The second-order valence-electron chi connectivity index (χ2n) is 10.3. The van der Waals surface area contributed by atoms with Gasteiger partial charge in [0.1, 0.15) is 18.3 Å². The fourth-order valence-corrected chi connectivity index (χ4v) is 6.59. The zero-order chi connectivity index (χ0) is 29.6. The van der Waals surface area contributed by atoms with Crippen molar-refractivity contribution in [3.63, 3.8) is 0 Å². The van der Waals surface area contributed by atoms with E-state index in [1.165, 1.54) is 30.2 Å². The van der Waals surface area contributed by atoms with E-state index in [0.29, 0.717) is 5.75 Å². The average Bonchev–Trinajstić information content (AvgIpc) is 3.48. The molecule has 3 aromatic rings. The fraction of sp³-hybridized carbons (Fsp3) is 0.355. The van der Waals surface area contributed by atoms with Crippen molar-refractivity contribution in [3.8, 4) is 5.75 Å². The van der Waals surface area contributed by atoms with E-state index in [2.05, 4.69) is 5.32 Å². The summed E-state index contributed by atoms with van der Waals surface area (Å²) in [7, 11) is -2.72. The number of halogens is 1. The fourth-order valence-electron chi connectivity index (χ4n) is 4.93. The molecule has 1 atom stereocenters. The zero-order valence-corrected chi connectivity index (χ0v) is 25.1. The SMILES string of the molecule is COc1ccc(N(CC(=O)N(Cc2ccccc2)C(C)C(=O)NC2CCCC2)S(=O)(=O)c2ccc(C)cc2)cc1Cl. The lowest BCUT2D eigenvalue weighted by atomic mass is 10.1. The Bertz CT molecular complexity index is 1460. The zero-order valence-electron chi connectivity index (χ0n) is 23.5. The molecule has 3 aromatic carbocycles. The van der Waals surface area contributed by atoms with Gasteiger partial charge in [0.15, 0.2) is 0 Å². The molecule has 0 spiro atoms. The Morgan fingerprint density at radius 1 is 1.02 bits per heavy atom. The van der Waals surface area contributed by atoms with E-state index in [4.69, 9.17) is 16.3 Å². The first-order chi connectivity index (χ1) is 19.6. The third-order valence-corrected chi connectivity index (χ3v) is 9.46. The minimum atomic E-state index is -4.19. The van der Waals surface area contributed by atoms with Crippen LogP contribution in [0.5, 0.6) is 5.75 Å². The quantitative estimate of drug-likeness (QED) is 0.322. The predicted molar refractivity (Wildman–Crippen MR) is 161 cm³/mol. The second kappa shape index (κ2) is 13.4. The lowest BCUT2D eigenvalue weighted by molar-refractivity contribution is -0.139. The molecule has 1 fully saturated rings. The molecule has 218 valence electrons. The first-order valence-electron chi connectivity index (χ1n) is 13.7. The first kappa shape index (κ1) is 30.4. The first-order valence-corrected chi connectivity index (χ1v) is 15.5. The van der Waals surface area contributed by atoms with Gasteiger partial charge in [-0.05, 0) is 62.6 Å². The maximum atomic E-state index is 14.0. The Kier molecular flexibility index (Phi) is 9.94. The maximum absolute atomic E-state index is 14.0. The number of methoxy groups -OCH3 is 1. The molecule has 0 heterocycles. The topological polar surface area (TPSA) is 96.0 Å². The Labute approximate surface area is 247 Å². The molecule has 0 bridgehead atoms. The number of sulfonamides is 1. The van der Waals surface area contributed by atoms with Gasteiger partial charge in [0.05, 0.1) is 22.7 Å². The van der Waals surface area contributed by atoms with Gasteiger partial charge >= 0.3 is 0 Å². The summed E-state index contributed by atoms with van der Waals surface area (Å²) in [6, 6.07) is 19.5. The van der Waals surface area contributed by atoms with Gasteiger partial charge in [-0.25, -0.2) is 8.42 Å². The van der Waals surface area contributed by atoms with Crippen LogP contribution >= 0.6 is 11.6 Å². The molecular weight excluding hydrogens is 562 g/mol. The summed E-state index contributed by atoms with van der Waals surface area (Å²) in [5.74, 6) is -0.412. The summed E-state index contributed by atoms with van der Waals surface area (Å²) >= 11 is 6.38. The summed E-state index contributed by atoms with van der Waals surface area (Å²) in [6.07, 6.45) is 3.93. The highest BCUT2D eigenvalue weighted by Gasteiger charge is 2.33. The number of anilines is 1. The Hall–Kier alpha value is -3.56. The van der Waals surface area contributed by atoms with Crippen molar-refractivity contribution in [1.82, 2.24) is 10.2 Å². The van der Waals surface area contributed by atoms with Crippen LogP contribution < -0.4 is 14.4 Å². The van der Waals surface area contributed by atoms with E-state index in [0.717, 1.165) is 41.1 Å². The number of nitrogens with one attached hydrogen (secondary N) is 1. The third kappa shape index (κ3) is 7.40. The monoisotopic (exact) mass is 597 g/mol. The molecule has 4 rings (SSSR count). The van der Waals surface area contributed by atoms with Crippen molar-refractivity contribution >= 4 is 39.1 Å². The van der Waals surface area contributed by atoms with Crippen LogP contribution in [0.3, 0.4) is 0 Å². The normalized spacial score (nSPS) is 14.3. The highest BCUT2D eigenvalue weighted by atomic mass is 35.5. The molecule has 1 N–H and O–H groups in total. The number of nitrogens with zero attached hydrogens (tertiary/aromatic N) is 2. The number of aryl methyl sites for hydroxylation is 1. The largest absolute Gasteiger partial charge is 0.495 e. The highest BCUT2D eigenvalue weighted by Crippen LogP contribution is 2.32. The minimum Gasteiger partial charge on any atom is -0.495 e. The van der Waals surface area contributed by atoms with Gasteiger partial charge in [0.2, 0.25) is 11.8 Å². The summed E-state index contributed by atoms with van der Waals surface area (Å²) in [6.45, 7) is 3.14. The van der Waals surface area contributed by atoms with Crippen molar-refractivity contribution in [2.45, 2.75) is 63.1 Å². The maximum Gasteiger partial charge on any atom is 0.264 e. The van der Waals surface area contributed by atoms with Crippen molar-refractivity contribution in [2.24, 2.45) is 0 Å². The van der Waals surface area contributed by atoms with Crippen LogP contribution in [0.1, 0.15) is 43.7 Å². The lowest BCUT2D eigenvalue weighted by Gasteiger charge is -2.32. The second-order valence-corrected chi connectivity index (χ2v) is 12.6. The molecule has 2 amide bonds. The number of hydrogen-bond donors (Lipinski definition) is 1. The van der Waals surface area contributed by atoms with Gasteiger partial charge in [0, 0.05) is 12.6 Å². The van der Waals surface area contributed by atoms with E-state index in [9.17, 15) is 18.0 Å². The number of carbonyl (C=O) groups excluding carboxylic acids is 2. The van der Waals surface area contributed by atoms with Crippen molar-refractivity contribution < 1.29 is 22.7 Å². The van der Waals surface area contributed by atoms with E-state index in [1.807, 2.05) is 37.3 Å².